The highest BCUT2D eigenvalue weighted by Gasteiger charge is 2.42. The Morgan fingerprint density at radius 2 is 1.86 bits per heavy atom. The van der Waals surface area contributed by atoms with Gasteiger partial charge in [-0.25, -0.2) is 13.2 Å². The second-order valence-electron chi connectivity index (χ2n) is 11.6. The SMILES string of the molecule is C=CC(=O)N1CC2Cc3c(c4cc(F)c(-c5c(O)cccc5F)c(F)c4n(-c4c(C)ccnc4C(C)C)c3=O)N2CC1C. The fraction of sp³-hybridized carbons (Fsp3) is 0.303. The predicted octanol–water partition coefficient (Wildman–Crippen LogP) is 5.76. The van der Waals surface area contributed by atoms with Gasteiger partial charge in [-0.1, -0.05) is 26.5 Å². The molecule has 1 saturated heterocycles. The summed E-state index contributed by atoms with van der Waals surface area (Å²) in [4.78, 5) is 35.3. The average Bonchev–Trinajstić information content (AvgIpc) is 3.33. The van der Waals surface area contributed by atoms with E-state index in [1.807, 2.05) is 25.7 Å². The van der Waals surface area contributed by atoms with Crippen molar-refractivity contribution in [2.45, 2.75) is 52.1 Å². The standard InChI is InChI=1S/C33H31F3N4O3/c1-6-25(42)38-15-19-12-21-31(39(19)14-18(38)5)20-13-23(35)27(26-22(34)8-7-9-24(26)41)28(36)32(20)40(33(21)43)30-17(4)10-11-37-29(30)16(2)3/h6-11,13,16,18-19,41H,1,12,14-15H2,2-5H3. The number of hydrogen-bond donors (Lipinski definition) is 1. The van der Waals surface area contributed by atoms with Crippen LogP contribution < -0.4 is 10.5 Å². The molecule has 6 rings (SSSR count). The third-order valence-electron chi connectivity index (χ3n) is 8.61. The fourth-order valence-electron chi connectivity index (χ4n) is 6.65. The first-order chi connectivity index (χ1) is 20.5. The molecule has 1 amide bonds. The summed E-state index contributed by atoms with van der Waals surface area (Å²) in [6.07, 6.45) is 3.12. The first kappa shape index (κ1) is 28.5. The molecule has 4 heterocycles. The van der Waals surface area contributed by atoms with E-state index in [9.17, 15) is 14.7 Å². The van der Waals surface area contributed by atoms with Crippen molar-refractivity contribution in [1.82, 2.24) is 14.5 Å². The zero-order valence-electron chi connectivity index (χ0n) is 24.3. The van der Waals surface area contributed by atoms with Gasteiger partial charge in [-0.15, -0.1) is 0 Å². The van der Waals surface area contributed by atoms with Crippen molar-refractivity contribution in [3.05, 3.63) is 93.8 Å². The number of halogens is 3. The molecule has 2 aromatic carbocycles. The molecule has 43 heavy (non-hydrogen) atoms. The van der Waals surface area contributed by atoms with Crippen LogP contribution in [-0.4, -0.2) is 50.6 Å². The van der Waals surface area contributed by atoms with Crippen LogP contribution in [0.5, 0.6) is 5.75 Å². The van der Waals surface area contributed by atoms with Gasteiger partial charge in [-0.3, -0.25) is 19.1 Å². The van der Waals surface area contributed by atoms with E-state index < -0.39 is 39.9 Å². The number of aromatic nitrogens is 2. The number of aromatic hydroxyl groups is 1. The van der Waals surface area contributed by atoms with E-state index in [4.69, 9.17) is 0 Å². The van der Waals surface area contributed by atoms with Gasteiger partial charge in [0.2, 0.25) is 5.91 Å². The first-order valence-corrected chi connectivity index (χ1v) is 14.2. The normalized spacial score (nSPS) is 17.9. The van der Waals surface area contributed by atoms with Gasteiger partial charge in [-0.2, -0.15) is 0 Å². The van der Waals surface area contributed by atoms with Crippen molar-refractivity contribution in [2.24, 2.45) is 0 Å². The first-order valence-electron chi connectivity index (χ1n) is 14.2. The summed E-state index contributed by atoms with van der Waals surface area (Å²) in [5.74, 6) is -4.29. The molecule has 0 bridgehead atoms. The van der Waals surface area contributed by atoms with Crippen molar-refractivity contribution in [3.8, 4) is 22.6 Å². The predicted molar refractivity (Wildman–Crippen MR) is 159 cm³/mol. The van der Waals surface area contributed by atoms with Crippen LogP contribution in [0, 0.1) is 24.4 Å². The molecule has 222 valence electrons. The summed E-state index contributed by atoms with van der Waals surface area (Å²) in [5.41, 5.74) is 0.178. The van der Waals surface area contributed by atoms with Gasteiger partial charge >= 0.3 is 0 Å². The highest BCUT2D eigenvalue weighted by atomic mass is 19.1. The molecular weight excluding hydrogens is 557 g/mol. The smallest absolute Gasteiger partial charge is 0.261 e. The van der Waals surface area contributed by atoms with Crippen molar-refractivity contribution in [1.29, 1.82) is 0 Å². The van der Waals surface area contributed by atoms with E-state index in [1.54, 1.807) is 24.1 Å². The summed E-state index contributed by atoms with van der Waals surface area (Å²) in [6.45, 7) is 11.7. The van der Waals surface area contributed by atoms with Crippen molar-refractivity contribution in [2.75, 3.05) is 18.0 Å². The van der Waals surface area contributed by atoms with E-state index in [-0.39, 0.29) is 41.2 Å². The van der Waals surface area contributed by atoms with E-state index >= 15 is 13.2 Å². The van der Waals surface area contributed by atoms with Gasteiger partial charge in [0.1, 0.15) is 17.4 Å². The maximum absolute atomic E-state index is 17.0. The van der Waals surface area contributed by atoms with E-state index in [0.29, 0.717) is 41.3 Å². The molecule has 0 spiro atoms. The molecule has 2 aliphatic heterocycles. The number of anilines is 1. The van der Waals surface area contributed by atoms with Gasteiger partial charge < -0.3 is 14.9 Å². The number of benzene rings is 2. The van der Waals surface area contributed by atoms with Crippen LogP contribution in [0.4, 0.5) is 18.9 Å². The molecule has 2 unspecified atom stereocenters. The summed E-state index contributed by atoms with van der Waals surface area (Å²) in [6, 6.07) is 5.65. The molecule has 2 atom stereocenters. The summed E-state index contributed by atoms with van der Waals surface area (Å²) >= 11 is 0. The number of rotatable bonds is 4. The highest BCUT2D eigenvalue weighted by molar-refractivity contribution is 5.99. The molecule has 7 nitrogen and oxygen atoms in total. The lowest BCUT2D eigenvalue weighted by molar-refractivity contribution is -0.128. The van der Waals surface area contributed by atoms with Gasteiger partial charge in [0.15, 0.2) is 5.82 Å². The number of phenols is 1. The van der Waals surface area contributed by atoms with Crippen LogP contribution in [-0.2, 0) is 11.2 Å². The van der Waals surface area contributed by atoms with Crippen LogP contribution in [0.2, 0.25) is 0 Å². The van der Waals surface area contributed by atoms with E-state index in [1.165, 1.54) is 16.7 Å². The Labute approximate surface area is 246 Å². The number of piperazine rings is 1. The number of fused-ring (bicyclic) bond motifs is 5. The minimum atomic E-state index is -1.18. The Morgan fingerprint density at radius 1 is 1.12 bits per heavy atom. The van der Waals surface area contributed by atoms with E-state index in [0.717, 1.165) is 18.2 Å². The number of aryl methyl sites for hydroxylation is 1. The Bertz CT molecular complexity index is 1880. The zero-order chi connectivity index (χ0) is 30.9. The molecule has 2 aromatic heterocycles. The Hall–Kier alpha value is -4.60. The number of pyridine rings is 2. The van der Waals surface area contributed by atoms with Gasteiger partial charge in [0, 0.05) is 42.7 Å². The topological polar surface area (TPSA) is 78.7 Å². The zero-order valence-corrected chi connectivity index (χ0v) is 24.3. The minimum absolute atomic E-state index is 0.139. The number of carbonyl (C=O) groups excluding carboxylic acids is 1. The Kier molecular flexibility index (Phi) is 6.82. The monoisotopic (exact) mass is 588 g/mol. The summed E-state index contributed by atoms with van der Waals surface area (Å²) in [5, 5.41) is 10.6. The molecule has 0 aliphatic carbocycles. The van der Waals surface area contributed by atoms with Crippen LogP contribution in [0.3, 0.4) is 0 Å². The molecule has 2 aliphatic rings. The third kappa shape index (κ3) is 4.22. The van der Waals surface area contributed by atoms with Crippen LogP contribution in [0.25, 0.3) is 27.7 Å². The van der Waals surface area contributed by atoms with E-state index in [2.05, 4.69) is 11.6 Å². The third-order valence-corrected chi connectivity index (χ3v) is 8.61. The highest BCUT2D eigenvalue weighted by Crippen LogP contribution is 2.45. The fourth-order valence-corrected chi connectivity index (χ4v) is 6.65. The Morgan fingerprint density at radius 3 is 2.53 bits per heavy atom. The number of phenolic OH excluding ortho intramolecular Hbond substituents is 1. The van der Waals surface area contributed by atoms with Crippen molar-refractivity contribution in [3.63, 3.8) is 0 Å². The number of amides is 1. The number of hydrogen-bond acceptors (Lipinski definition) is 5. The average molecular weight is 589 g/mol. The maximum atomic E-state index is 17.0. The molecule has 1 N–H and O–H groups in total. The second-order valence-corrected chi connectivity index (χ2v) is 11.6. The van der Waals surface area contributed by atoms with Crippen molar-refractivity contribution < 1.29 is 23.1 Å². The lowest BCUT2D eigenvalue weighted by atomic mass is 9.97. The van der Waals surface area contributed by atoms with Gasteiger partial charge in [0.25, 0.3) is 5.56 Å². The second kappa shape index (κ2) is 10.3. The van der Waals surface area contributed by atoms with Crippen LogP contribution in [0.15, 0.2) is 54.0 Å². The minimum Gasteiger partial charge on any atom is -0.507 e. The van der Waals surface area contributed by atoms with Crippen LogP contribution >= 0.6 is 0 Å². The lowest BCUT2D eigenvalue weighted by Crippen LogP contribution is -2.57. The lowest BCUT2D eigenvalue weighted by Gasteiger charge is -2.43. The number of carbonyl (C=O) groups is 1. The molecule has 0 radical (unpaired) electrons. The maximum Gasteiger partial charge on any atom is 0.261 e. The summed E-state index contributed by atoms with van der Waals surface area (Å²) in [7, 11) is 0. The molecule has 4 aromatic rings. The molecule has 0 saturated carbocycles. The molecule has 10 heteroatoms. The Balaban J connectivity index is 1.74. The van der Waals surface area contributed by atoms with Gasteiger partial charge in [-0.05, 0) is 55.7 Å². The van der Waals surface area contributed by atoms with Crippen LogP contribution in [0.1, 0.15) is 43.5 Å². The quantitative estimate of drug-likeness (QED) is 0.307. The summed E-state index contributed by atoms with van der Waals surface area (Å²) < 4.78 is 49.3. The number of nitrogens with zero attached hydrogens (tertiary/aromatic N) is 4. The molecular formula is C33H31F3N4O3. The van der Waals surface area contributed by atoms with Crippen molar-refractivity contribution >= 4 is 22.5 Å². The largest absolute Gasteiger partial charge is 0.507 e. The van der Waals surface area contributed by atoms with Gasteiger partial charge in [0.05, 0.1) is 39.8 Å². The molecule has 1 fully saturated rings.